The Hall–Kier alpha value is -1.42. The predicted molar refractivity (Wildman–Crippen MR) is 53.9 cm³/mol. The van der Waals surface area contributed by atoms with Gasteiger partial charge < -0.3 is 4.98 Å². The highest BCUT2D eigenvalue weighted by Gasteiger charge is 2.04. The van der Waals surface area contributed by atoms with E-state index in [2.05, 4.69) is 19.9 Å². The lowest BCUT2D eigenvalue weighted by atomic mass is 10.4. The van der Waals surface area contributed by atoms with Crippen LogP contribution in [0.3, 0.4) is 0 Å². The number of hydrogen-bond acceptors (Lipinski definition) is 3. The molecule has 2 heterocycles. The van der Waals surface area contributed by atoms with E-state index < -0.39 is 0 Å². The molecule has 0 radical (unpaired) electrons. The van der Waals surface area contributed by atoms with E-state index in [1.54, 1.807) is 18.6 Å². The van der Waals surface area contributed by atoms with E-state index in [1.807, 2.05) is 6.92 Å². The number of rotatable bonds is 2. The molecule has 4 nitrogen and oxygen atoms in total. The van der Waals surface area contributed by atoms with E-state index in [1.165, 1.54) is 0 Å². The van der Waals surface area contributed by atoms with E-state index in [0.29, 0.717) is 17.5 Å². The van der Waals surface area contributed by atoms with Crippen molar-refractivity contribution in [3.63, 3.8) is 0 Å². The van der Waals surface area contributed by atoms with Crippen molar-refractivity contribution < 1.29 is 0 Å². The first-order chi connectivity index (χ1) is 6.79. The van der Waals surface area contributed by atoms with E-state index in [0.717, 1.165) is 11.3 Å². The molecule has 72 valence electrons. The number of halogens is 1. The zero-order valence-electron chi connectivity index (χ0n) is 7.66. The van der Waals surface area contributed by atoms with Crippen LogP contribution >= 0.6 is 11.6 Å². The van der Waals surface area contributed by atoms with Crippen LogP contribution in [-0.2, 0) is 5.88 Å². The number of alkyl halides is 1. The number of aryl methyl sites for hydroxylation is 1. The van der Waals surface area contributed by atoms with Crippen LogP contribution in [0.2, 0.25) is 0 Å². The quantitative estimate of drug-likeness (QED) is 0.768. The summed E-state index contributed by atoms with van der Waals surface area (Å²) in [7, 11) is 0. The van der Waals surface area contributed by atoms with Crippen LogP contribution in [0.1, 0.15) is 11.3 Å². The van der Waals surface area contributed by atoms with Crippen LogP contribution in [0.4, 0.5) is 0 Å². The van der Waals surface area contributed by atoms with Gasteiger partial charge in [0.25, 0.3) is 0 Å². The van der Waals surface area contributed by atoms with Gasteiger partial charge in [-0.15, -0.1) is 11.6 Å². The summed E-state index contributed by atoms with van der Waals surface area (Å²) in [5.74, 6) is 1.66. The maximum absolute atomic E-state index is 5.64. The Morgan fingerprint density at radius 3 is 2.50 bits per heavy atom. The molecule has 0 unspecified atom stereocenters. The molecule has 0 aliphatic carbocycles. The van der Waals surface area contributed by atoms with Crippen molar-refractivity contribution in [1.82, 2.24) is 19.9 Å². The van der Waals surface area contributed by atoms with E-state index in [9.17, 15) is 0 Å². The number of imidazole rings is 1. The third-order valence-electron chi connectivity index (χ3n) is 1.77. The largest absolute Gasteiger partial charge is 0.338 e. The van der Waals surface area contributed by atoms with Crippen LogP contribution in [-0.4, -0.2) is 19.9 Å². The van der Waals surface area contributed by atoms with Crippen molar-refractivity contribution in [1.29, 1.82) is 0 Å². The number of nitrogens with zero attached hydrogens (tertiary/aromatic N) is 3. The zero-order valence-corrected chi connectivity index (χ0v) is 8.41. The number of nitrogens with one attached hydrogen (secondary N) is 1. The average Bonchev–Trinajstić information content (AvgIpc) is 2.67. The van der Waals surface area contributed by atoms with Crippen molar-refractivity contribution in [2.75, 3.05) is 0 Å². The van der Waals surface area contributed by atoms with Crippen molar-refractivity contribution in [3.8, 4) is 11.6 Å². The van der Waals surface area contributed by atoms with E-state index in [4.69, 9.17) is 11.6 Å². The first-order valence-electron chi connectivity index (χ1n) is 4.18. The van der Waals surface area contributed by atoms with Crippen LogP contribution in [0, 0.1) is 6.92 Å². The zero-order chi connectivity index (χ0) is 9.97. The highest BCUT2D eigenvalue weighted by Crippen LogP contribution is 2.10. The van der Waals surface area contributed by atoms with Crippen LogP contribution < -0.4 is 0 Å². The molecule has 0 spiro atoms. The van der Waals surface area contributed by atoms with Gasteiger partial charge in [-0.3, -0.25) is 0 Å². The molecular formula is C9H9ClN4. The lowest BCUT2D eigenvalue weighted by molar-refractivity contribution is 1.09. The second-order valence-corrected chi connectivity index (χ2v) is 3.24. The van der Waals surface area contributed by atoms with Gasteiger partial charge in [0.1, 0.15) is 0 Å². The molecule has 0 aliphatic rings. The fourth-order valence-corrected chi connectivity index (χ4v) is 1.19. The minimum atomic E-state index is 0.416. The van der Waals surface area contributed by atoms with Gasteiger partial charge in [0.05, 0.1) is 11.6 Å². The highest BCUT2D eigenvalue weighted by molar-refractivity contribution is 6.16. The topological polar surface area (TPSA) is 54.5 Å². The van der Waals surface area contributed by atoms with Gasteiger partial charge in [0.2, 0.25) is 0 Å². The summed E-state index contributed by atoms with van der Waals surface area (Å²) < 4.78 is 0. The summed E-state index contributed by atoms with van der Waals surface area (Å²) in [6, 6.07) is 0. The molecule has 14 heavy (non-hydrogen) atoms. The van der Waals surface area contributed by atoms with Gasteiger partial charge in [-0.2, -0.15) is 0 Å². The molecule has 0 saturated heterocycles. The molecule has 0 amide bonds. The van der Waals surface area contributed by atoms with E-state index >= 15 is 0 Å². The molecule has 1 N–H and O–H groups in total. The van der Waals surface area contributed by atoms with Crippen LogP contribution in [0.15, 0.2) is 18.6 Å². The molecule has 0 fully saturated rings. The second kappa shape index (κ2) is 3.75. The Kier molecular flexibility index (Phi) is 2.45. The normalized spacial score (nSPS) is 10.4. The summed E-state index contributed by atoms with van der Waals surface area (Å²) in [5.41, 5.74) is 1.89. The Bertz CT molecular complexity index is 421. The number of H-pyrrole nitrogens is 1. The molecule has 0 bridgehead atoms. The molecule has 2 aromatic rings. The molecule has 0 aromatic carbocycles. The summed E-state index contributed by atoms with van der Waals surface area (Å²) in [6.45, 7) is 1.94. The number of hydrogen-bond donors (Lipinski definition) is 1. The molecule has 0 atom stereocenters. The van der Waals surface area contributed by atoms with Gasteiger partial charge in [-0.25, -0.2) is 15.0 Å². The Morgan fingerprint density at radius 1 is 1.21 bits per heavy atom. The first kappa shape index (κ1) is 9.15. The highest BCUT2D eigenvalue weighted by atomic mass is 35.5. The minimum absolute atomic E-state index is 0.416. The Morgan fingerprint density at radius 2 is 1.93 bits per heavy atom. The maximum Gasteiger partial charge on any atom is 0.195 e. The number of aromatic amines is 1. The van der Waals surface area contributed by atoms with Gasteiger partial charge >= 0.3 is 0 Å². The van der Waals surface area contributed by atoms with Crippen molar-refractivity contribution >= 4 is 11.6 Å². The van der Waals surface area contributed by atoms with Crippen molar-refractivity contribution in [2.45, 2.75) is 12.8 Å². The fourth-order valence-electron chi connectivity index (χ4n) is 1.06. The molecule has 2 rings (SSSR count). The van der Waals surface area contributed by atoms with Crippen molar-refractivity contribution in [3.05, 3.63) is 29.8 Å². The summed E-state index contributed by atoms with van der Waals surface area (Å²) in [5, 5.41) is 0. The third kappa shape index (κ3) is 1.75. The third-order valence-corrected chi connectivity index (χ3v) is 2.05. The SMILES string of the molecule is Cc1cnc(-c2ncc(CCl)[nH]2)nc1. The van der Waals surface area contributed by atoms with Gasteiger partial charge in [-0.05, 0) is 12.5 Å². The summed E-state index contributed by atoms with van der Waals surface area (Å²) in [4.78, 5) is 15.4. The van der Waals surface area contributed by atoms with Crippen LogP contribution in [0.25, 0.3) is 11.6 Å². The van der Waals surface area contributed by atoms with Gasteiger partial charge in [-0.1, -0.05) is 0 Å². The predicted octanol–water partition coefficient (Wildman–Crippen LogP) is 1.91. The van der Waals surface area contributed by atoms with Crippen LogP contribution in [0.5, 0.6) is 0 Å². The molecule has 0 saturated carbocycles. The summed E-state index contributed by atoms with van der Waals surface area (Å²) in [6.07, 6.45) is 5.20. The lowest BCUT2D eigenvalue weighted by Gasteiger charge is -1.94. The molecule has 5 heteroatoms. The Labute approximate surface area is 86.4 Å². The fraction of sp³-hybridized carbons (Fsp3) is 0.222. The van der Waals surface area contributed by atoms with Crippen molar-refractivity contribution in [2.24, 2.45) is 0 Å². The van der Waals surface area contributed by atoms with Gasteiger partial charge in [0, 0.05) is 18.6 Å². The summed E-state index contributed by atoms with van der Waals surface area (Å²) >= 11 is 5.64. The first-order valence-corrected chi connectivity index (χ1v) is 4.72. The molecular weight excluding hydrogens is 200 g/mol. The number of aromatic nitrogens is 4. The smallest absolute Gasteiger partial charge is 0.195 e. The second-order valence-electron chi connectivity index (χ2n) is 2.97. The maximum atomic E-state index is 5.64. The lowest BCUT2D eigenvalue weighted by Crippen LogP contribution is -1.90. The Balaban J connectivity index is 2.34. The van der Waals surface area contributed by atoms with E-state index in [-0.39, 0.29) is 0 Å². The van der Waals surface area contributed by atoms with Gasteiger partial charge in [0.15, 0.2) is 11.6 Å². The average molecular weight is 209 g/mol. The minimum Gasteiger partial charge on any atom is -0.338 e. The molecule has 2 aromatic heterocycles. The molecule has 0 aliphatic heterocycles. The monoisotopic (exact) mass is 208 g/mol. The standard InChI is InChI=1S/C9H9ClN4/c1-6-3-11-8(12-4-6)9-13-5-7(2-10)14-9/h3-5H,2H2,1H3,(H,13,14).